The van der Waals surface area contributed by atoms with Gasteiger partial charge in [-0.15, -0.1) is 0 Å². The molecule has 5 rings (SSSR count). The summed E-state index contributed by atoms with van der Waals surface area (Å²) in [5.74, 6) is -0.00309. The first-order valence-corrected chi connectivity index (χ1v) is 11.1. The second kappa shape index (κ2) is 9.73. The minimum atomic E-state index is -4.74. The van der Waals surface area contributed by atoms with Crippen molar-refractivity contribution >= 4 is 16.9 Å². The van der Waals surface area contributed by atoms with Gasteiger partial charge >= 0.3 is 6.18 Å². The van der Waals surface area contributed by atoms with E-state index in [1.807, 2.05) is 0 Å². The molecule has 0 aliphatic carbocycles. The van der Waals surface area contributed by atoms with Gasteiger partial charge < -0.3 is 14.5 Å². The Kier molecular flexibility index (Phi) is 6.31. The topological polar surface area (TPSA) is 90.1 Å². The number of benzene rings is 2. The van der Waals surface area contributed by atoms with Crippen LogP contribution in [0.5, 0.6) is 5.75 Å². The summed E-state index contributed by atoms with van der Waals surface area (Å²) >= 11 is 0. The molecule has 37 heavy (non-hydrogen) atoms. The number of hydrogen-bond acceptors (Lipinski definition) is 6. The van der Waals surface area contributed by atoms with Crippen LogP contribution in [0.3, 0.4) is 0 Å². The molecule has 0 atom stereocenters. The number of nitrogens with one attached hydrogen (secondary N) is 1. The van der Waals surface area contributed by atoms with Gasteiger partial charge in [0.1, 0.15) is 11.5 Å². The molecule has 0 fully saturated rings. The second-order valence-corrected chi connectivity index (χ2v) is 8.00. The van der Waals surface area contributed by atoms with E-state index in [1.54, 1.807) is 66.7 Å². The fourth-order valence-electron chi connectivity index (χ4n) is 3.83. The van der Waals surface area contributed by atoms with Crippen LogP contribution in [0.1, 0.15) is 21.9 Å². The number of hydrogen-bond donors (Lipinski definition) is 1. The van der Waals surface area contributed by atoms with E-state index < -0.39 is 17.6 Å². The highest BCUT2D eigenvalue weighted by Gasteiger charge is 2.36. The van der Waals surface area contributed by atoms with Crippen LogP contribution in [0, 0.1) is 0 Å². The molecule has 0 unspecified atom stereocenters. The molecule has 5 aromatic rings. The van der Waals surface area contributed by atoms with Crippen LogP contribution in [0.2, 0.25) is 0 Å². The van der Waals surface area contributed by atoms with E-state index in [0.717, 1.165) is 6.07 Å². The van der Waals surface area contributed by atoms with Crippen molar-refractivity contribution in [3.63, 3.8) is 0 Å². The van der Waals surface area contributed by atoms with Crippen LogP contribution in [0.25, 0.3) is 33.5 Å². The molecule has 2 aromatic carbocycles. The first-order valence-electron chi connectivity index (χ1n) is 11.1. The first kappa shape index (κ1) is 24.0. The van der Waals surface area contributed by atoms with E-state index in [9.17, 15) is 18.0 Å². The molecule has 1 amide bonds. The number of aromatic nitrogens is 3. The zero-order valence-corrected chi connectivity index (χ0v) is 19.4. The van der Waals surface area contributed by atoms with Crippen LogP contribution in [-0.2, 0) is 12.7 Å². The Morgan fingerprint density at radius 1 is 0.946 bits per heavy atom. The van der Waals surface area contributed by atoms with Crippen molar-refractivity contribution in [2.24, 2.45) is 0 Å². The Balaban J connectivity index is 1.73. The van der Waals surface area contributed by atoms with Crippen molar-refractivity contribution in [3.05, 3.63) is 96.2 Å². The maximum atomic E-state index is 14.4. The number of alkyl halides is 3. The van der Waals surface area contributed by atoms with Crippen LogP contribution in [0.15, 0.2) is 83.5 Å². The van der Waals surface area contributed by atoms with E-state index in [0.29, 0.717) is 22.6 Å². The van der Waals surface area contributed by atoms with Gasteiger partial charge in [0.2, 0.25) is 5.82 Å². The molecule has 0 aliphatic heterocycles. The lowest BCUT2D eigenvalue weighted by Crippen LogP contribution is -2.25. The molecule has 3 aromatic heterocycles. The fraction of sp³-hybridized carbons (Fsp3) is 0.111. The zero-order valence-electron chi connectivity index (χ0n) is 19.4. The maximum Gasteiger partial charge on any atom is 0.417 e. The predicted octanol–water partition coefficient (Wildman–Crippen LogP) is 5.91. The second-order valence-electron chi connectivity index (χ2n) is 8.00. The number of amides is 1. The molecule has 0 saturated carbocycles. The number of pyridine rings is 1. The first-order chi connectivity index (χ1) is 17.8. The minimum Gasteiger partial charge on any atom is -0.497 e. The molecule has 7 nitrogen and oxygen atoms in total. The monoisotopic (exact) mass is 504 g/mol. The average Bonchev–Trinajstić information content (AvgIpc) is 3.44. The average molecular weight is 504 g/mol. The maximum absolute atomic E-state index is 14.4. The highest BCUT2D eigenvalue weighted by atomic mass is 19.4. The lowest BCUT2D eigenvalue weighted by atomic mass is 10.0. The summed E-state index contributed by atoms with van der Waals surface area (Å²) < 4.78 is 53.5. The van der Waals surface area contributed by atoms with Gasteiger partial charge in [-0.25, -0.2) is 15.0 Å². The lowest BCUT2D eigenvalue weighted by Gasteiger charge is -2.16. The molecule has 0 saturated heterocycles. The Labute approximate surface area is 209 Å². The van der Waals surface area contributed by atoms with Gasteiger partial charge in [0.05, 0.1) is 42.3 Å². The van der Waals surface area contributed by atoms with E-state index in [-0.39, 0.29) is 34.8 Å². The summed E-state index contributed by atoms with van der Waals surface area (Å²) in [5.41, 5.74) is -0.393. The highest BCUT2D eigenvalue weighted by molar-refractivity contribution is 5.99. The standard InChI is InChI=1S/C27H19F3N4O3/c1-36-18-11-9-17(10-12-18)23-22-20(27(28,29)30)14-21(16-6-3-2-4-7-16)32-24(22)34-25(33-23)26(35)31-15-19-8-5-13-37-19/h2-14H,15H2,1H3,(H,31,35). The number of nitrogens with zero attached hydrogens (tertiary/aromatic N) is 3. The SMILES string of the molecule is COc1ccc(-c2nc(C(=O)NCc3ccco3)nc3nc(-c4ccccc4)cc(C(F)(F)F)c23)cc1. The molecule has 0 spiro atoms. The van der Waals surface area contributed by atoms with Crippen molar-refractivity contribution in [2.45, 2.75) is 12.7 Å². The number of fused-ring (bicyclic) bond motifs is 1. The van der Waals surface area contributed by atoms with Crippen LogP contribution >= 0.6 is 0 Å². The Morgan fingerprint density at radius 3 is 2.35 bits per heavy atom. The third kappa shape index (κ3) is 4.99. The quantitative estimate of drug-likeness (QED) is 0.309. The van der Waals surface area contributed by atoms with Gasteiger partial charge in [0.15, 0.2) is 5.65 Å². The molecule has 0 radical (unpaired) electrons. The van der Waals surface area contributed by atoms with Gasteiger partial charge in [-0.05, 0) is 42.5 Å². The summed E-state index contributed by atoms with van der Waals surface area (Å²) in [5, 5.41) is 2.32. The molecular weight excluding hydrogens is 485 g/mol. The van der Waals surface area contributed by atoms with Crippen molar-refractivity contribution in [1.82, 2.24) is 20.3 Å². The van der Waals surface area contributed by atoms with Crippen LogP contribution in [-0.4, -0.2) is 28.0 Å². The van der Waals surface area contributed by atoms with Gasteiger partial charge in [-0.3, -0.25) is 4.79 Å². The van der Waals surface area contributed by atoms with Crippen molar-refractivity contribution < 1.29 is 27.1 Å². The van der Waals surface area contributed by atoms with Crippen molar-refractivity contribution in [1.29, 1.82) is 0 Å². The van der Waals surface area contributed by atoms with Gasteiger partial charge in [-0.1, -0.05) is 30.3 Å². The number of carbonyl (C=O) groups excluding carboxylic acids is 1. The summed E-state index contributed by atoms with van der Waals surface area (Å²) in [7, 11) is 1.48. The van der Waals surface area contributed by atoms with E-state index >= 15 is 0 Å². The predicted molar refractivity (Wildman–Crippen MR) is 130 cm³/mol. The Morgan fingerprint density at radius 2 is 1.70 bits per heavy atom. The summed E-state index contributed by atoms with van der Waals surface area (Å²) in [6.07, 6.45) is -3.28. The minimum absolute atomic E-state index is 0.0520. The number of ether oxygens (including phenoxy) is 1. The van der Waals surface area contributed by atoms with Crippen LogP contribution in [0.4, 0.5) is 13.2 Å². The zero-order chi connectivity index (χ0) is 26.0. The molecule has 10 heteroatoms. The van der Waals surface area contributed by atoms with E-state index in [4.69, 9.17) is 9.15 Å². The van der Waals surface area contributed by atoms with Crippen LogP contribution < -0.4 is 10.1 Å². The van der Waals surface area contributed by atoms with E-state index in [2.05, 4.69) is 20.3 Å². The third-order valence-corrected chi connectivity index (χ3v) is 5.61. The molecule has 0 bridgehead atoms. The van der Waals surface area contributed by atoms with Crippen molar-refractivity contribution in [2.75, 3.05) is 7.11 Å². The Hall–Kier alpha value is -4.73. The van der Waals surface area contributed by atoms with Gasteiger partial charge in [0.25, 0.3) is 5.91 Å². The third-order valence-electron chi connectivity index (χ3n) is 5.61. The smallest absolute Gasteiger partial charge is 0.417 e. The number of methoxy groups -OCH3 is 1. The molecular formula is C27H19F3N4O3. The largest absolute Gasteiger partial charge is 0.497 e. The number of furan rings is 1. The number of rotatable bonds is 6. The molecule has 186 valence electrons. The summed E-state index contributed by atoms with van der Waals surface area (Å²) in [4.78, 5) is 25.8. The van der Waals surface area contributed by atoms with Crippen molar-refractivity contribution in [3.8, 4) is 28.3 Å². The molecule has 1 N–H and O–H groups in total. The Bertz CT molecular complexity index is 1550. The normalized spacial score (nSPS) is 11.5. The lowest BCUT2D eigenvalue weighted by molar-refractivity contribution is -0.136. The highest BCUT2D eigenvalue weighted by Crippen LogP contribution is 2.40. The molecule has 0 aliphatic rings. The van der Waals surface area contributed by atoms with Gasteiger partial charge in [-0.2, -0.15) is 13.2 Å². The van der Waals surface area contributed by atoms with Gasteiger partial charge in [0, 0.05) is 11.1 Å². The summed E-state index contributed by atoms with van der Waals surface area (Å²) in [6.45, 7) is 0.0520. The number of halogens is 3. The molecule has 3 heterocycles. The van der Waals surface area contributed by atoms with E-state index in [1.165, 1.54) is 13.4 Å². The summed E-state index contributed by atoms with van der Waals surface area (Å²) in [6, 6.07) is 19.1. The fourth-order valence-corrected chi connectivity index (χ4v) is 3.83. The number of carbonyl (C=O) groups is 1.